The minimum atomic E-state index is -0.492. The monoisotopic (exact) mass is 337 g/mol. The molecule has 1 aromatic rings. The Morgan fingerprint density at radius 3 is 2.60 bits per heavy atom. The fourth-order valence-electron chi connectivity index (χ4n) is 6.25. The number of nitrogens with two attached hydrogens (primary N) is 1. The second-order valence-electron chi connectivity index (χ2n) is 8.70. The average molecular weight is 337 g/mol. The summed E-state index contributed by atoms with van der Waals surface area (Å²) in [7, 11) is 0. The number of rotatable bonds is 4. The van der Waals surface area contributed by atoms with Gasteiger partial charge in [-0.15, -0.1) is 0 Å². The van der Waals surface area contributed by atoms with Crippen LogP contribution in [0.2, 0.25) is 0 Å². The minimum Gasteiger partial charge on any atom is -0.454 e. The summed E-state index contributed by atoms with van der Waals surface area (Å²) in [4.78, 5) is 12.9. The van der Waals surface area contributed by atoms with E-state index in [2.05, 4.69) is 24.3 Å². The van der Waals surface area contributed by atoms with Crippen molar-refractivity contribution in [3.05, 3.63) is 48.0 Å². The lowest BCUT2D eigenvalue weighted by Crippen LogP contribution is -2.41. The van der Waals surface area contributed by atoms with E-state index < -0.39 is 5.60 Å². The number of esters is 1. The first-order chi connectivity index (χ1) is 12.2. The molecule has 3 fully saturated rings. The molecule has 3 heteroatoms. The third kappa shape index (κ3) is 2.39. The van der Waals surface area contributed by atoms with Gasteiger partial charge in [-0.1, -0.05) is 42.5 Å². The molecule has 0 spiro atoms. The van der Waals surface area contributed by atoms with Gasteiger partial charge in [-0.2, -0.15) is 0 Å². The summed E-state index contributed by atoms with van der Waals surface area (Å²) in [6, 6.07) is 10.5. The van der Waals surface area contributed by atoms with Gasteiger partial charge in [-0.25, -0.2) is 0 Å². The van der Waals surface area contributed by atoms with Crippen LogP contribution in [-0.2, 0) is 15.1 Å². The SMILES string of the molecule is NC1C2CCC1C(OC(=O)CC1CC3C=CC1C3)(c1ccccc1)C2. The molecule has 132 valence electrons. The summed E-state index contributed by atoms with van der Waals surface area (Å²) in [6.45, 7) is 0. The van der Waals surface area contributed by atoms with Gasteiger partial charge in [0.05, 0.1) is 0 Å². The van der Waals surface area contributed by atoms with Gasteiger partial charge in [-0.05, 0) is 61.3 Å². The van der Waals surface area contributed by atoms with E-state index in [1.807, 2.05) is 18.2 Å². The second kappa shape index (κ2) is 5.70. The van der Waals surface area contributed by atoms with Crippen LogP contribution in [0.4, 0.5) is 0 Å². The normalized spacial score (nSPS) is 43.7. The summed E-state index contributed by atoms with van der Waals surface area (Å²) in [5.74, 6) is 2.50. The van der Waals surface area contributed by atoms with Crippen LogP contribution in [0.5, 0.6) is 0 Å². The zero-order chi connectivity index (χ0) is 17.0. The summed E-state index contributed by atoms with van der Waals surface area (Å²) < 4.78 is 6.32. The van der Waals surface area contributed by atoms with Gasteiger partial charge in [0, 0.05) is 18.4 Å². The second-order valence-corrected chi connectivity index (χ2v) is 8.70. The third-order valence-electron chi connectivity index (χ3n) is 7.43. The van der Waals surface area contributed by atoms with Crippen molar-refractivity contribution in [2.24, 2.45) is 35.3 Å². The van der Waals surface area contributed by atoms with Gasteiger partial charge in [0.15, 0.2) is 0 Å². The fourth-order valence-corrected chi connectivity index (χ4v) is 6.25. The molecular formula is C22H27NO2. The Morgan fingerprint density at radius 1 is 1.16 bits per heavy atom. The van der Waals surface area contributed by atoms with Crippen LogP contribution in [0.15, 0.2) is 42.5 Å². The molecule has 3 saturated carbocycles. The summed E-state index contributed by atoms with van der Waals surface area (Å²) in [5.41, 5.74) is 7.13. The highest BCUT2D eigenvalue weighted by molar-refractivity contribution is 5.71. The predicted molar refractivity (Wildman–Crippen MR) is 96.5 cm³/mol. The largest absolute Gasteiger partial charge is 0.454 e. The number of carbonyl (C=O) groups excluding carboxylic acids is 1. The Kier molecular flexibility index (Phi) is 3.56. The molecule has 1 aromatic carbocycles. The summed E-state index contributed by atoms with van der Waals surface area (Å²) in [5, 5.41) is 0. The summed E-state index contributed by atoms with van der Waals surface area (Å²) in [6.07, 6.45) is 10.7. The van der Waals surface area contributed by atoms with E-state index in [0.29, 0.717) is 30.1 Å². The highest BCUT2D eigenvalue weighted by Crippen LogP contribution is 2.57. The van der Waals surface area contributed by atoms with Gasteiger partial charge < -0.3 is 10.5 Å². The topological polar surface area (TPSA) is 52.3 Å². The van der Waals surface area contributed by atoms with Crippen molar-refractivity contribution in [3.8, 4) is 0 Å². The molecule has 0 heterocycles. The van der Waals surface area contributed by atoms with E-state index in [1.54, 1.807) is 0 Å². The minimum absolute atomic E-state index is 0.0189. The van der Waals surface area contributed by atoms with Crippen LogP contribution in [0, 0.1) is 29.6 Å². The molecule has 5 rings (SSSR count). The van der Waals surface area contributed by atoms with Crippen LogP contribution in [-0.4, -0.2) is 12.0 Å². The van der Waals surface area contributed by atoms with Crippen LogP contribution in [0.25, 0.3) is 0 Å². The molecule has 0 saturated heterocycles. The van der Waals surface area contributed by atoms with Gasteiger partial charge in [0.25, 0.3) is 0 Å². The number of ether oxygens (including phenoxy) is 1. The van der Waals surface area contributed by atoms with Crippen LogP contribution in [0.3, 0.4) is 0 Å². The van der Waals surface area contributed by atoms with Crippen molar-refractivity contribution < 1.29 is 9.53 Å². The standard InChI is InChI=1S/C22H27NO2/c23-21-16-8-9-19(21)22(13-16,18-4-2-1-3-5-18)25-20(24)12-17-11-14-6-7-15(17)10-14/h1-7,14-17,19,21H,8-13,23H2. The smallest absolute Gasteiger partial charge is 0.306 e. The Morgan fingerprint density at radius 2 is 2.00 bits per heavy atom. The first-order valence-corrected chi connectivity index (χ1v) is 9.87. The zero-order valence-corrected chi connectivity index (χ0v) is 14.6. The molecule has 0 aliphatic heterocycles. The van der Waals surface area contributed by atoms with E-state index in [-0.39, 0.29) is 17.9 Å². The number of hydrogen-bond acceptors (Lipinski definition) is 3. The van der Waals surface area contributed by atoms with Crippen molar-refractivity contribution in [2.75, 3.05) is 0 Å². The fraction of sp³-hybridized carbons (Fsp3) is 0.591. The van der Waals surface area contributed by atoms with E-state index in [4.69, 9.17) is 10.5 Å². The Bertz CT molecular complexity index is 699. The lowest BCUT2D eigenvalue weighted by atomic mass is 9.78. The molecule has 7 atom stereocenters. The van der Waals surface area contributed by atoms with Gasteiger partial charge in [0.2, 0.25) is 0 Å². The number of carbonyl (C=O) groups is 1. The molecule has 7 unspecified atom stereocenters. The number of hydrogen-bond donors (Lipinski definition) is 1. The molecule has 0 amide bonds. The maximum absolute atomic E-state index is 12.9. The molecule has 2 N–H and O–H groups in total. The van der Waals surface area contributed by atoms with Crippen LogP contribution < -0.4 is 5.73 Å². The molecule has 4 aliphatic rings. The van der Waals surface area contributed by atoms with Crippen molar-refractivity contribution in [1.29, 1.82) is 0 Å². The first kappa shape index (κ1) is 15.6. The van der Waals surface area contributed by atoms with Gasteiger partial charge in [0.1, 0.15) is 5.60 Å². The Hall–Kier alpha value is -1.61. The number of benzene rings is 1. The van der Waals surface area contributed by atoms with Crippen LogP contribution >= 0.6 is 0 Å². The number of fused-ring (bicyclic) bond motifs is 4. The molecule has 25 heavy (non-hydrogen) atoms. The Balaban J connectivity index is 1.38. The van der Waals surface area contributed by atoms with Gasteiger partial charge >= 0.3 is 5.97 Å². The molecule has 0 aromatic heterocycles. The van der Waals surface area contributed by atoms with E-state index in [1.165, 1.54) is 12.8 Å². The van der Waals surface area contributed by atoms with Crippen LogP contribution in [0.1, 0.15) is 44.1 Å². The van der Waals surface area contributed by atoms with E-state index >= 15 is 0 Å². The quantitative estimate of drug-likeness (QED) is 0.672. The number of allylic oxidation sites excluding steroid dienone is 2. The van der Waals surface area contributed by atoms with Crippen molar-refractivity contribution >= 4 is 5.97 Å². The third-order valence-corrected chi connectivity index (χ3v) is 7.43. The van der Waals surface area contributed by atoms with E-state index in [9.17, 15) is 4.79 Å². The highest BCUT2D eigenvalue weighted by atomic mass is 16.6. The molecule has 3 nitrogen and oxygen atoms in total. The lowest BCUT2D eigenvalue weighted by Gasteiger charge is -2.38. The zero-order valence-electron chi connectivity index (χ0n) is 14.6. The van der Waals surface area contributed by atoms with E-state index in [0.717, 1.165) is 24.8 Å². The summed E-state index contributed by atoms with van der Waals surface area (Å²) >= 11 is 0. The first-order valence-electron chi connectivity index (χ1n) is 9.87. The molecule has 0 radical (unpaired) electrons. The van der Waals surface area contributed by atoms with Crippen molar-refractivity contribution in [2.45, 2.75) is 50.2 Å². The maximum Gasteiger partial charge on any atom is 0.306 e. The maximum atomic E-state index is 12.9. The molecular weight excluding hydrogens is 310 g/mol. The highest BCUT2D eigenvalue weighted by Gasteiger charge is 2.59. The van der Waals surface area contributed by atoms with Gasteiger partial charge in [-0.3, -0.25) is 4.79 Å². The van der Waals surface area contributed by atoms with Crippen molar-refractivity contribution in [3.63, 3.8) is 0 Å². The molecule has 4 aliphatic carbocycles. The Labute approximate surface area is 149 Å². The lowest BCUT2D eigenvalue weighted by molar-refractivity contribution is -0.169. The molecule has 4 bridgehead atoms. The average Bonchev–Trinajstić information content (AvgIpc) is 3.37. The predicted octanol–water partition coefficient (Wildman–Crippen LogP) is 3.78. The van der Waals surface area contributed by atoms with Crippen molar-refractivity contribution in [1.82, 2.24) is 0 Å².